The van der Waals surface area contributed by atoms with E-state index in [1.54, 1.807) is 25.4 Å². The minimum atomic E-state index is -0.528. The average Bonchev–Trinajstić information content (AvgIpc) is 2.67. The first-order valence-corrected chi connectivity index (χ1v) is 8.43. The lowest BCUT2D eigenvalue weighted by Crippen LogP contribution is -2.23. The highest BCUT2D eigenvalue weighted by Gasteiger charge is 2.17. The topological polar surface area (TPSA) is 116 Å². The molecule has 0 unspecified atom stereocenters. The first-order valence-electron chi connectivity index (χ1n) is 8.43. The number of carbonyl (C=O) groups excluding carboxylic acids is 1. The van der Waals surface area contributed by atoms with E-state index in [2.05, 4.69) is 15.6 Å². The summed E-state index contributed by atoms with van der Waals surface area (Å²) in [6.07, 6.45) is 1.61. The Bertz CT molecular complexity index is 797. The standard InChI is InChI=1S/C18H22N4O5/c1-3-27-18-14(5-4-8-20-18)12-21-17(23)13-6-7-15(19-9-10-26-2)16(11-13)22(24)25/h4-8,11,19H,3,9-10,12H2,1-2H3,(H,21,23). The van der Waals surface area contributed by atoms with E-state index in [1.807, 2.05) is 6.92 Å². The van der Waals surface area contributed by atoms with Crippen LogP contribution in [0.25, 0.3) is 0 Å². The van der Waals surface area contributed by atoms with Crippen molar-refractivity contribution in [1.82, 2.24) is 10.3 Å². The fourth-order valence-electron chi connectivity index (χ4n) is 2.36. The first-order chi connectivity index (χ1) is 13.1. The molecule has 0 aliphatic heterocycles. The Balaban J connectivity index is 2.10. The molecule has 2 aromatic rings. The van der Waals surface area contributed by atoms with Gasteiger partial charge >= 0.3 is 0 Å². The van der Waals surface area contributed by atoms with Gasteiger partial charge in [0.25, 0.3) is 11.6 Å². The minimum Gasteiger partial charge on any atom is -0.478 e. The van der Waals surface area contributed by atoms with Crippen molar-refractivity contribution < 1.29 is 19.2 Å². The van der Waals surface area contributed by atoms with Crippen molar-refractivity contribution >= 4 is 17.3 Å². The summed E-state index contributed by atoms with van der Waals surface area (Å²) in [4.78, 5) is 27.3. The van der Waals surface area contributed by atoms with Gasteiger partial charge in [0.05, 0.1) is 18.1 Å². The SMILES string of the molecule is CCOc1ncccc1CNC(=O)c1ccc(NCCOC)c([N+](=O)[O-])c1. The van der Waals surface area contributed by atoms with E-state index in [0.717, 1.165) is 5.56 Å². The highest BCUT2D eigenvalue weighted by molar-refractivity contribution is 5.95. The van der Waals surface area contributed by atoms with Gasteiger partial charge in [0, 0.05) is 43.6 Å². The number of hydrogen-bond acceptors (Lipinski definition) is 7. The predicted molar refractivity (Wildman–Crippen MR) is 100 cm³/mol. The number of anilines is 1. The van der Waals surface area contributed by atoms with Gasteiger partial charge in [0.2, 0.25) is 5.88 Å². The van der Waals surface area contributed by atoms with Crippen molar-refractivity contribution in [2.24, 2.45) is 0 Å². The van der Waals surface area contributed by atoms with Crippen LogP contribution in [0.1, 0.15) is 22.8 Å². The summed E-state index contributed by atoms with van der Waals surface area (Å²) < 4.78 is 10.3. The van der Waals surface area contributed by atoms with Gasteiger partial charge in [0.1, 0.15) is 5.69 Å². The number of ether oxygens (including phenoxy) is 2. The largest absolute Gasteiger partial charge is 0.478 e. The second kappa shape index (κ2) is 10.1. The summed E-state index contributed by atoms with van der Waals surface area (Å²) in [7, 11) is 1.54. The van der Waals surface area contributed by atoms with E-state index < -0.39 is 10.8 Å². The molecule has 0 saturated heterocycles. The van der Waals surface area contributed by atoms with E-state index in [4.69, 9.17) is 9.47 Å². The summed E-state index contributed by atoms with van der Waals surface area (Å²) in [6, 6.07) is 7.83. The molecular weight excluding hydrogens is 352 g/mol. The number of aromatic nitrogens is 1. The molecule has 27 heavy (non-hydrogen) atoms. The third kappa shape index (κ3) is 5.65. The molecule has 1 amide bonds. The maximum absolute atomic E-state index is 12.4. The normalized spacial score (nSPS) is 10.3. The number of hydrogen-bond donors (Lipinski definition) is 2. The van der Waals surface area contributed by atoms with Gasteiger partial charge in [-0.25, -0.2) is 4.98 Å². The Kier molecular flexibility index (Phi) is 7.50. The second-order valence-corrected chi connectivity index (χ2v) is 5.49. The van der Waals surface area contributed by atoms with Crippen LogP contribution in [0, 0.1) is 10.1 Å². The van der Waals surface area contributed by atoms with Crippen LogP contribution in [0.3, 0.4) is 0 Å². The lowest BCUT2D eigenvalue weighted by atomic mass is 10.1. The van der Waals surface area contributed by atoms with Crippen molar-refractivity contribution in [2.75, 3.05) is 32.2 Å². The highest BCUT2D eigenvalue weighted by atomic mass is 16.6. The Morgan fingerprint density at radius 1 is 1.33 bits per heavy atom. The predicted octanol–water partition coefficient (Wildman–Crippen LogP) is 2.38. The van der Waals surface area contributed by atoms with Gasteiger partial charge in [-0.05, 0) is 25.1 Å². The van der Waals surface area contributed by atoms with Crippen LogP contribution in [0.15, 0.2) is 36.5 Å². The first kappa shape index (κ1) is 20.1. The molecule has 0 bridgehead atoms. The Labute approximate surface area is 156 Å². The van der Waals surface area contributed by atoms with Gasteiger partial charge in [-0.1, -0.05) is 6.07 Å². The molecule has 0 aliphatic rings. The van der Waals surface area contributed by atoms with Crippen LogP contribution in [0.4, 0.5) is 11.4 Å². The van der Waals surface area contributed by atoms with Crippen LogP contribution in [0.5, 0.6) is 5.88 Å². The van der Waals surface area contributed by atoms with Crippen molar-refractivity contribution in [2.45, 2.75) is 13.5 Å². The Morgan fingerprint density at radius 3 is 2.85 bits per heavy atom. The molecule has 0 aliphatic carbocycles. The number of methoxy groups -OCH3 is 1. The molecule has 0 fully saturated rings. The molecule has 0 saturated carbocycles. The Hall–Kier alpha value is -3.20. The summed E-state index contributed by atoms with van der Waals surface area (Å²) in [5, 5.41) is 17.0. The van der Waals surface area contributed by atoms with Crippen LogP contribution in [-0.4, -0.2) is 42.7 Å². The third-order valence-corrected chi connectivity index (χ3v) is 3.65. The summed E-state index contributed by atoms with van der Waals surface area (Å²) in [6.45, 7) is 3.33. The van der Waals surface area contributed by atoms with Crippen molar-refractivity contribution in [3.05, 3.63) is 57.8 Å². The zero-order valence-corrected chi connectivity index (χ0v) is 15.2. The van der Waals surface area contributed by atoms with Gasteiger partial charge < -0.3 is 20.1 Å². The van der Waals surface area contributed by atoms with Crippen LogP contribution >= 0.6 is 0 Å². The second-order valence-electron chi connectivity index (χ2n) is 5.49. The van der Waals surface area contributed by atoms with Crippen LogP contribution in [0.2, 0.25) is 0 Å². The smallest absolute Gasteiger partial charge is 0.293 e. The number of carbonyl (C=O) groups is 1. The fourth-order valence-corrected chi connectivity index (χ4v) is 2.36. The van der Waals surface area contributed by atoms with Crippen molar-refractivity contribution in [3.8, 4) is 5.88 Å². The third-order valence-electron chi connectivity index (χ3n) is 3.65. The van der Waals surface area contributed by atoms with E-state index >= 15 is 0 Å². The van der Waals surface area contributed by atoms with Crippen molar-refractivity contribution in [1.29, 1.82) is 0 Å². The number of rotatable bonds is 10. The number of amides is 1. The summed E-state index contributed by atoms with van der Waals surface area (Å²) in [5.41, 5.74) is 1.08. The number of nitro groups is 1. The lowest BCUT2D eigenvalue weighted by Gasteiger charge is -2.11. The molecule has 9 nitrogen and oxygen atoms in total. The molecule has 9 heteroatoms. The maximum atomic E-state index is 12.4. The summed E-state index contributed by atoms with van der Waals surface area (Å²) in [5.74, 6) is 0.0248. The number of nitro benzene ring substituents is 1. The zero-order chi connectivity index (χ0) is 19.6. The van der Waals surface area contributed by atoms with E-state index in [0.29, 0.717) is 31.3 Å². The van der Waals surface area contributed by atoms with Gasteiger partial charge in [-0.15, -0.1) is 0 Å². The van der Waals surface area contributed by atoms with Crippen LogP contribution < -0.4 is 15.4 Å². The molecule has 0 atom stereocenters. The molecular formula is C18H22N4O5. The van der Waals surface area contributed by atoms with E-state index in [-0.39, 0.29) is 17.8 Å². The number of benzene rings is 1. The molecule has 1 aromatic heterocycles. The average molecular weight is 374 g/mol. The molecule has 1 heterocycles. The van der Waals surface area contributed by atoms with Crippen LogP contribution in [-0.2, 0) is 11.3 Å². The fraction of sp³-hybridized carbons (Fsp3) is 0.333. The lowest BCUT2D eigenvalue weighted by molar-refractivity contribution is -0.384. The molecule has 0 radical (unpaired) electrons. The molecule has 144 valence electrons. The molecule has 0 spiro atoms. The maximum Gasteiger partial charge on any atom is 0.293 e. The van der Waals surface area contributed by atoms with E-state index in [1.165, 1.54) is 18.2 Å². The summed E-state index contributed by atoms with van der Waals surface area (Å²) >= 11 is 0. The number of nitrogens with zero attached hydrogens (tertiary/aromatic N) is 2. The highest BCUT2D eigenvalue weighted by Crippen LogP contribution is 2.25. The number of nitrogens with one attached hydrogen (secondary N) is 2. The molecule has 2 rings (SSSR count). The van der Waals surface area contributed by atoms with Gasteiger partial charge in [-0.2, -0.15) is 0 Å². The monoisotopic (exact) mass is 374 g/mol. The van der Waals surface area contributed by atoms with Gasteiger partial charge in [0.15, 0.2) is 0 Å². The quantitative estimate of drug-likeness (QED) is 0.373. The van der Waals surface area contributed by atoms with Gasteiger partial charge in [-0.3, -0.25) is 14.9 Å². The zero-order valence-electron chi connectivity index (χ0n) is 15.2. The molecule has 1 aromatic carbocycles. The Morgan fingerprint density at radius 2 is 2.15 bits per heavy atom. The molecule has 2 N–H and O–H groups in total. The number of pyridine rings is 1. The minimum absolute atomic E-state index is 0.171. The van der Waals surface area contributed by atoms with Crippen molar-refractivity contribution in [3.63, 3.8) is 0 Å². The van der Waals surface area contributed by atoms with E-state index in [9.17, 15) is 14.9 Å².